The highest BCUT2D eigenvalue weighted by Gasteiger charge is 2.37. The Balaban J connectivity index is 1.96. The lowest BCUT2D eigenvalue weighted by molar-refractivity contribution is 0.0725. The van der Waals surface area contributed by atoms with Gasteiger partial charge < -0.3 is 14.5 Å². The van der Waals surface area contributed by atoms with Gasteiger partial charge in [0.2, 0.25) is 0 Å². The first-order valence-electron chi connectivity index (χ1n) is 8.56. The SMILES string of the molecule is Cc1c(C(=O)N2CCCCCC2)oc2c1/C(=N\O)CC(C)(C)C2. The van der Waals surface area contributed by atoms with Crippen LogP contribution in [0.2, 0.25) is 0 Å². The van der Waals surface area contributed by atoms with E-state index in [2.05, 4.69) is 19.0 Å². The molecule has 1 saturated heterocycles. The third-order valence-electron chi connectivity index (χ3n) is 5.00. The monoisotopic (exact) mass is 318 g/mol. The van der Waals surface area contributed by atoms with Gasteiger partial charge in [0.25, 0.3) is 5.91 Å². The number of carbonyl (C=O) groups is 1. The Morgan fingerprint density at radius 3 is 2.43 bits per heavy atom. The fourth-order valence-corrected chi connectivity index (χ4v) is 3.82. The van der Waals surface area contributed by atoms with Gasteiger partial charge >= 0.3 is 0 Å². The highest BCUT2D eigenvalue weighted by Crippen LogP contribution is 2.39. The zero-order valence-electron chi connectivity index (χ0n) is 14.3. The smallest absolute Gasteiger partial charge is 0.289 e. The van der Waals surface area contributed by atoms with Gasteiger partial charge in [-0.05, 0) is 31.6 Å². The molecule has 2 heterocycles. The lowest BCUT2D eigenvalue weighted by Gasteiger charge is -2.28. The number of amides is 1. The van der Waals surface area contributed by atoms with E-state index in [4.69, 9.17) is 4.42 Å². The molecule has 0 saturated carbocycles. The fourth-order valence-electron chi connectivity index (χ4n) is 3.82. The molecule has 1 N–H and O–H groups in total. The van der Waals surface area contributed by atoms with E-state index >= 15 is 0 Å². The number of hydrogen-bond acceptors (Lipinski definition) is 4. The maximum Gasteiger partial charge on any atom is 0.289 e. The summed E-state index contributed by atoms with van der Waals surface area (Å²) in [7, 11) is 0. The van der Waals surface area contributed by atoms with Crippen LogP contribution in [0.25, 0.3) is 0 Å². The van der Waals surface area contributed by atoms with E-state index in [0.717, 1.165) is 49.2 Å². The molecule has 1 amide bonds. The second kappa shape index (κ2) is 6.02. The normalized spacial score (nSPS) is 22.7. The summed E-state index contributed by atoms with van der Waals surface area (Å²) < 4.78 is 5.98. The van der Waals surface area contributed by atoms with Crippen molar-refractivity contribution in [2.75, 3.05) is 13.1 Å². The predicted molar refractivity (Wildman–Crippen MR) is 88.2 cm³/mol. The van der Waals surface area contributed by atoms with Crippen molar-refractivity contribution in [2.24, 2.45) is 10.6 Å². The van der Waals surface area contributed by atoms with Gasteiger partial charge in [-0.3, -0.25) is 4.79 Å². The number of hydrogen-bond donors (Lipinski definition) is 1. The first kappa shape index (κ1) is 16.1. The van der Waals surface area contributed by atoms with Crippen molar-refractivity contribution in [3.05, 3.63) is 22.6 Å². The molecule has 23 heavy (non-hydrogen) atoms. The van der Waals surface area contributed by atoms with E-state index in [0.29, 0.717) is 17.9 Å². The first-order valence-corrected chi connectivity index (χ1v) is 8.56. The highest BCUT2D eigenvalue weighted by molar-refractivity contribution is 6.06. The average Bonchev–Trinajstić information content (AvgIpc) is 2.70. The van der Waals surface area contributed by atoms with Crippen LogP contribution in [0.15, 0.2) is 9.57 Å². The van der Waals surface area contributed by atoms with Gasteiger partial charge in [0.1, 0.15) is 5.76 Å². The molecular weight excluding hydrogens is 292 g/mol. The second-order valence-electron chi connectivity index (χ2n) is 7.63. The van der Waals surface area contributed by atoms with E-state index in [9.17, 15) is 10.0 Å². The maximum absolute atomic E-state index is 12.9. The minimum absolute atomic E-state index is 0.0195. The number of fused-ring (bicyclic) bond motifs is 1. The van der Waals surface area contributed by atoms with Gasteiger partial charge in [-0.2, -0.15) is 0 Å². The molecule has 126 valence electrons. The summed E-state index contributed by atoms with van der Waals surface area (Å²) in [6, 6.07) is 0. The molecule has 1 aromatic heterocycles. The average molecular weight is 318 g/mol. The van der Waals surface area contributed by atoms with E-state index < -0.39 is 0 Å². The topological polar surface area (TPSA) is 66.0 Å². The Hall–Kier alpha value is -1.78. The Kier molecular flexibility index (Phi) is 4.21. The molecule has 5 nitrogen and oxygen atoms in total. The summed E-state index contributed by atoms with van der Waals surface area (Å²) in [5, 5.41) is 12.9. The summed E-state index contributed by atoms with van der Waals surface area (Å²) in [6.45, 7) is 7.74. The van der Waals surface area contributed by atoms with Crippen LogP contribution in [-0.4, -0.2) is 34.8 Å². The highest BCUT2D eigenvalue weighted by atomic mass is 16.4. The molecule has 1 aromatic rings. The molecule has 0 spiro atoms. The molecule has 0 aromatic carbocycles. The van der Waals surface area contributed by atoms with E-state index in [1.807, 2.05) is 11.8 Å². The summed E-state index contributed by atoms with van der Waals surface area (Å²) in [5.74, 6) is 1.19. The minimum atomic E-state index is -0.0260. The number of carbonyl (C=O) groups excluding carboxylic acids is 1. The van der Waals surface area contributed by atoms with Gasteiger partial charge in [-0.1, -0.05) is 31.8 Å². The van der Waals surface area contributed by atoms with Crippen LogP contribution in [0.5, 0.6) is 0 Å². The van der Waals surface area contributed by atoms with Gasteiger partial charge in [-0.25, -0.2) is 0 Å². The van der Waals surface area contributed by atoms with Crippen molar-refractivity contribution in [3.63, 3.8) is 0 Å². The number of furan rings is 1. The maximum atomic E-state index is 12.9. The Morgan fingerprint density at radius 1 is 1.17 bits per heavy atom. The number of oxime groups is 1. The summed E-state index contributed by atoms with van der Waals surface area (Å²) in [4.78, 5) is 14.8. The van der Waals surface area contributed by atoms with Crippen LogP contribution < -0.4 is 0 Å². The number of nitrogens with zero attached hydrogens (tertiary/aromatic N) is 2. The van der Waals surface area contributed by atoms with Crippen LogP contribution in [-0.2, 0) is 6.42 Å². The molecule has 1 aliphatic carbocycles. The molecule has 0 bridgehead atoms. The Bertz CT molecular complexity index is 635. The molecule has 0 atom stereocenters. The second-order valence-corrected chi connectivity index (χ2v) is 7.63. The molecule has 1 fully saturated rings. The molecule has 0 unspecified atom stereocenters. The van der Waals surface area contributed by atoms with Gasteiger partial charge in [0, 0.05) is 30.6 Å². The molecule has 1 aliphatic heterocycles. The molecule has 5 heteroatoms. The van der Waals surface area contributed by atoms with Crippen molar-refractivity contribution in [3.8, 4) is 0 Å². The lowest BCUT2D eigenvalue weighted by Crippen LogP contribution is -2.32. The number of rotatable bonds is 1. The fraction of sp³-hybridized carbons (Fsp3) is 0.667. The number of likely N-dealkylation sites (tertiary alicyclic amines) is 1. The third kappa shape index (κ3) is 3.01. The first-order chi connectivity index (χ1) is 10.9. The molecule has 0 radical (unpaired) electrons. The van der Waals surface area contributed by atoms with Crippen LogP contribution in [0.3, 0.4) is 0 Å². The van der Waals surface area contributed by atoms with Crippen LogP contribution in [0, 0.1) is 12.3 Å². The van der Waals surface area contributed by atoms with E-state index in [-0.39, 0.29) is 11.3 Å². The lowest BCUT2D eigenvalue weighted by atomic mass is 9.75. The Morgan fingerprint density at radius 2 is 1.83 bits per heavy atom. The molecule has 2 aliphatic rings. The molecular formula is C18H26N2O3. The largest absolute Gasteiger partial charge is 0.455 e. The van der Waals surface area contributed by atoms with Gasteiger partial charge in [0.15, 0.2) is 5.76 Å². The van der Waals surface area contributed by atoms with Crippen LogP contribution >= 0.6 is 0 Å². The standard InChI is InChI=1S/C18H26N2O3/c1-12-15-13(19-22)10-18(2,3)11-14(15)23-16(12)17(21)20-8-6-4-5-7-9-20/h22H,4-11H2,1-3H3/b19-13-. The van der Waals surface area contributed by atoms with Crippen molar-refractivity contribution in [1.82, 2.24) is 4.90 Å². The van der Waals surface area contributed by atoms with Crippen molar-refractivity contribution in [2.45, 2.75) is 59.3 Å². The van der Waals surface area contributed by atoms with Crippen molar-refractivity contribution >= 4 is 11.6 Å². The quantitative estimate of drug-likeness (QED) is 0.633. The summed E-state index contributed by atoms with van der Waals surface area (Å²) in [6.07, 6.45) is 5.94. The Labute approximate surface area is 137 Å². The van der Waals surface area contributed by atoms with Crippen LogP contribution in [0.4, 0.5) is 0 Å². The van der Waals surface area contributed by atoms with Crippen molar-refractivity contribution in [1.29, 1.82) is 0 Å². The van der Waals surface area contributed by atoms with E-state index in [1.54, 1.807) is 0 Å². The van der Waals surface area contributed by atoms with Gasteiger partial charge in [-0.15, -0.1) is 0 Å². The van der Waals surface area contributed by atoms with Gasteiger partial charge in [0.05, 0.1) is 5.71 Å². The zero-order valence-corrected chi connectivity index (χ0v) is 14.3. The predicted octanol–water partition coefficient (Wildman–Crippen LogP) is 3.75. The van der Waals surface area contributed by atoms with Crippen molar-refractivity contribution < 1.29 is 14.4 Å². The molecule has 3 rings (SSSR count). The summed E-state index contributed by atoms with van der Waals surface area (Å²) in [5.41, 5.74) is 2.26. The third-order valence-corrected chi connectivity index (χ3v) is 5.00. The van der Waals surface area contributed by atoms with E-state index in [1.165, 1.54) is 12.8 Å². The zero-order chi connectivity index (χ0) is 16.6. The minimum Gasteiger partial charge on any atom is -0.455 e. The summed E-state index contributed by atoms with van der Waals surface area (Å²) >= 11 is 0. The van der Waals surface area contributed by atoms with Crippen LogP contribution in [0.1, 0.15) is 73.4 Å².